The molecular weight excluding hydrogens is 687 g/mol. The summed E-state index contributed by atoms with van der Waals surface area (Å²) >= 11 is 0. The number of aromatic hydroxyl groups is 1. The minimum absolute atomic E-state index is 0. The fourth-order valence-electron chi connectivity index (χ4n) is 5.25. The minimum atomic E-state index is -0.113. The quantitative estimate of drug-likeness (QED) is 0.142. The summed E-state index contributed by atoms with van der Waals surface area (Å²) in [7, 11) is 0. The van der Waals surface area contributed by atoms with Crippen molar-refractivity contribution in [2.45, 2.75) is 52.9 Å². The van der Waals surface area contributed by atoms with Gasteiger partial charge in [-0.25, -0.2) is 0 Å². The van der Waals surface area contributed by atoms with Gasteiger partial charge in [0.25, 0.3) is 0 Å². The van der Waals surface area contributed by atoms with Crippen molar-refractivity contribution in [3.8, 4) is 17.0 Å². The van der Waals surface area contributed by atoms with Gasteiger partial charge in [-0.1, -0.05) is 87.2 Å². The maximum Gasteiger partial charge on any atom is 0.163 e. The Bertz CT molecular complexity index is 1850. The second kappa shape index (κ2) is 12.4. The number of fused-ring (bicyclic) bond motifs is 4. The smallest absolute Gasteiger partial charge is 0.163 e. The first-order valence-electron chi connectivity index (χ1n) is 13.8. The van der Waals surface area contributed by atoms with E-state index in [1.54, 1.807) is 18.2 Å². The van der Waals surface area contributed by atoms with Gasteiger partial charge in [0.15, 0.2) is 5.78 Å². The third-order valence-electron chi connectivity index (χ3n) is 8.09. The van der Waals surface area contributed by atoms with E-state index in [0.29, 0.717) is 5.56 Å². The first kappa shape index (κ1) is 30.2. The number of Topliss-reactive ketones (excluding diaryl/α,β-unsaturated/α-hetero) is 1. The van der Waals surface area contributed by atoms with Crippen LogP contribution in [-0.4, -0.2) is 15.9 Å². The van der Waals surface area contributed by atoms with Gasteiger partial charge in [0, 0.05) is 31.7 Å². The van der Waals surface area contributed by atoms with Crippen LogP contribution in [0.25, 0.3) is 44.0 Å². The molecule has 0 aliphatic rings. The fraction of sp³-hybridized carbons (Fsp3) is 0.222. The Morgan fingerprint density at radius 2 is 1.63 bits per heavy atom. The molecule has 0 amide bonds. The summed E-state index contributed by atoms with van der Waals surface area (Å²) in [5.41, 5.74) is 6.68. The maximum atomic E-state index is 10.7. The van der Waals surface area contributed by atoms with Gasteiger partial charge in [-0.05, 0) is 71.5 Å². The van der Waals surface area contributed by atoms with Crippen LogP contribution in [0, 0.1) is 13.0 Å². The molecule has 41 heavy (non-hydrogen) atoms. The topological polar surface area (TPSA) is 63.3 Å². The third-order valence-corrected chi connectivity index (χ3v) is 8.09. The van der Waals surface area contributed by atoms with Crippen molar-refractivity contribution in [3.63, 3.8) is 0 Å². The number of furan rings is 1. The summed E-state index contributed by atoms with van der Waals surface area (Å²) in [5, 5.41) is 13.7. The third kappa shape index (κ3) is 5.84. The number of nitrogens with zero attached hydrogens (tertiary/aromatic N) is 1. The number of benzene rings is 4. The van der Waals surface area contributed by atoms with Gasteiger partial charge in [-0.3, -0.25) is 4.79 Å². The molecule has 4 nitrogen and oxygen atoms in total. The number of phenols is 1. The van der Waals surface area contributed by atoms with Crippen LogP contribution in [0.4, 0.5) is 0 Å². The van der Waals surface area contributed by atoms with E-state index in [-0.39, 0.29) is 37.1 Å². The molecule has 0 atom stereocenters. The summed E-state index contributed by atoms with van der Waals surface area (Å²) in [5.74, 6) is -0.0619. The number of para-hydroxylation sites is 2. The molecule has 1 N–H and O–H groups in total. The Morgan fingerprint density at radius 1 is 0.927 bits per heavy atom. The van der Waals surface area contributed by atoms with E-state index in [1.807, 2.05) is 18.3 Å². The van der Waals surface area contributed by atoms with E-state index in [1.165, 1.54) is 23.9 Å². The standard InChI is InChI=1S/C28H26NO.C8H8O2.Ir/c1-5-28(4,6-2)20-11-12-21-19(17-20)13-14-29-26(21)24-16-18(3)15-23-22-9-7-8-10-25(22)30-27(23)24;1-6(9)7-4-2-3-5-8(7)10;/h7-15,17H,5-6H2,1-4H3;2-5,10H,1H3;/q-1;;. The molecule has 6 rings (SSSR count). The molecule has 1 radical (unpaired) electrons. The maximum absolute atomic E-state index is 10.7. The summed E-state index contributed by atoms with van der Waals surface area (Å²) in [6.45, 7) is 10.4. The molecule has 4 aromatic carbocycles. The molecule has 0 spiro atoms. The van der Waals surface area contributed by atoms with E-state index in [2.05, 4.69) is 76.2 Å². The monoisotopic (exact) mass is 721 g/mol. The van der Waals surface area contributed by atoms with Crippen LogP contribution < -0.4 is 0 Å². The molecule has 2 aromatic heterocycles. The first-order valence-corrected chi connectivity index (χ1v) is 13.8. The Kier molecular flexibility index (Phi) is 9.11. The molecule has 2 heterocycles. The zero-order valence-electron chi connectivity index (χ0n) is 24.0. The number of ketones is 1. The minimum Gasteiger partial charge on any atom is -0.507 e. The molecule has 0 bridgehead atoms. The molecule has 6 aromatic rings. The van der Waals surface area contributed by atoms with E-state index < -0.39 is 0 Å². The second-order valence-electron chi connectivity index (χ2n) is 10.6. The molecule has 0 saturated heterocycles. The van der Waals surface area contributed by atoms with E-state index in [9.17, 15) is 4.79 Å². The summed E-state index contributed by atoms with van der Waals surface area (Å²) < 4.78 is 6.28. The number of carbonyl (C=O) groups is 1. The van der Waals surface area contributed by atoms with Crippen LogP contribution in [0.1, 0.15) is 62.0 Å². The second-order valence-corrected chi connectivity index (χ2v) is 10.6. The Morgan fingerprint density at radius 3 is 2.32 bits per heavy atom. The van der Waals surface area contributed by atoms with Crippen LogP contribution in [0.5, 0.6) is 5.75 Å². The van der Waals surface area contributed by atoms with Crippen molar-refractivity contribution in [1.82, 2.24) is 4.98 Å². The van der Waals surface area contributed by atoms with Gasteiger partial charge >= 0.3 is 0 Å². The van der Waals surface area contributed by atoms with Gasteiger partial charge in [0.2, 0.25) is 0 Å². The molecule has 0 fully saturated rings. The van der Waals surface area contributed by atoms with E-state index >= 15 is 0 Å². The number of rotatable bonds is 5. The normalized spacial score (nSPS) is 11.2. The van der Waals surface area contributed by atoms with Crippen molar-refractivity contribution in [2.24, 2.45) is 0 Å². The van der Waals surface area contributed by atoms with E-state index in [4.69, 9.17) is 14.5 Å². The molecule has 0 aliphatic heterocycles. The summed E-state index contributed by atoms with van der Waals surface area (Å²) in [6.07, 6.45) is 4.15. The molecule has 211 valence electrons. The zero-order valence-corrected chi connectivity index (χ0v) is 26.4. The largest absolute Gasteiger partial charge is 0.507 e. The number of pyridine rings is 1. The number of aryl methyl sites for hydroxylation is 1. The van der Waals surface area contributed by atoms with E-state index in [0.717, 1.165) is 57.0 Å². The van der Waals surface area contributed by atoms with Gasteiger partial charge in [-0.2, -0.15) is 0 Å². The molecular formula is C36H34IrNO3-. The average molecular weight is 721 g/mol. The SMILES string of the molecule is CC(=O)c1ccccc1O.CCC(C)(CC)c1ccc2c(-c3[c-]c(C)cc4c3oc3ccccc34)nccc2c1.[Ir]. The van der Waals surface area contributed by atoms with Gasteiger partial charge in [-0.15, -0.1) is 17.7 Å². The number of aromatic nitrogens is 1. The summed E-state index contributed by atoms with van der Waals surface area (Å²) in [6, 6.07) is 29.3. The predicted octanol–water partition coefficient (Wildman–Crippen LogP) is 9.58. The molecule has 0 unspecified atom stereocenters. The Balaban J connectivity index is 0.000000300. The van der Waals surface area contributed by atoms with Crippen LogP contribution in [0.15, 0.2) is 89.5 Å². The van der Waals surface area contributed by atoms with Crippen molar-refractivity contribution < 1.29 is 34.4 Å². The van der Waals surface area contributed by atoms with Crippen molar-refractivity contribution in [1.29, 1.82) is 0 Å². The van der Waals surface area contributed by atoms with Crippen molar-refractivity contribution >= 4 is 38.5 Å². The fourth-order valence-corrected chi connectivity index (χ4v) is 5.25. The number of hydrogen-bond donors (Lipinski definition) is 1. The van der Waals surface area contributed by atoms with Crippen LogP contribution in [-0.2, 0) is 25.5 Å². The number of carbonyl (C=O) groups excluding carboxylic acids is 1. The number of phenolic OH excluding ortho intramolecular Hbond substituents is 1. The number of hydrogen-bond acceptors (Lipinski definition) is 4. The van der Waals surface area contributed by atoms with Crippen molar-refractivity contribution in [3.05, 3.63) is 108 Å². The molecule has 0 saturated carbocycles. The van der Waals surface area contributed by atoms with Crippen molar-refractivity contribution in [2.75, 3.05) is 0 Å². The predicted molar refractivity (Wildman–Crippen MR) is 164 cm³/mol. The molecule has 5 heteroatoms. The molecule has 0 aliphatic carbocycles. The van der Waals surface area contributed by atoms with Gasteiger partial charge < -0.3 is 14.5 Å². The first-order chi connectivity index (χ1) is 19.3. The summed E-state index contributed by atoms with van der Waals surface area (Å²) in [4.78, 5) is 15.5. The zero-order chi connectivity index (χ0) is 28.4. The Labute approximate surface area is 254 Å². The van der Waals surface area contributed by atoms with Gasteiger partial charge in [0.1, 0.15) is 11.3 Å². The van der Waals surface area contributed by atoms with Crippen LogP contribution in [0.2, 0.25) is 0 Å². The van der Waals surface area contributed by atoms with Gasteiger partial charge in [0.05, 0.1) is 11.1 Å². The average Bonchev–Trinajstić information content (AvgIpc) is 3.34. The Hall–Kier alpha value is -3.79. The van der Waals surface area contributed by atoms with Crippen LogP contribution >= 0.6 is 0 Å². The van der Waals surface area contributed by atoms with Crippen LogP contribution in [0.3, 0.4) is 0 Å².